The molecule has 2 heterocycles. The monoisotopic (exact) mass is 446 g/mol. The first kappa shape index (κ1) is 20.5. The molecule has 2 aromatic rings. The molecule has 8 heteroatoms. The molecule has 0 aliphatic rings. The van der Waals surface area contributed by atoms with E-state index in [1.165, 1.54) is 5.56 Å². The molecule has 0 unspecified atom stereocenters. The highest BCUT2D eigenvalue weighted by Gasteiger charge is 2.15. The second kappa shape index (κ2) is 9.65. The van der Waals surface area contributed by atoms with E-state index in [9.17, 15) is 0 Å². The minimum atomic E-state index is 0. The molecule has 2 rings (SSSR count). The van der Waals surface area contributed by atoms with Crippen LogP contribution in [-0.4, -0.2) is 39.4 Å². The summed E-state index contributed by atoms with van der Waals surface area (Å²) in [4.78, 5) is 6.72. The third-order valence-corrected chi connectivity index (χ3v) is 3.47. The van der Waals surface area contributed by atoms with Crippen LogP contribution in [0, 0.1) is 0 Å². The molecule has 7 nitrogen and oxygen atoms in total. The van der Waals surface area contributed by atoms with E-state index in [2.05, 4.69) is 52.4 Å². The Kier molecular flexibility index (Phi) is 8.23. The van der Waals surface area contributed by atoms with Crippen LogP contribution in [0.1, 0.15) is 43.6 Å². The largest absolute Gasteiger partial charge is 0.364 e. The summed E-state index contributed by atoms with van der Waals surface area (Å²) in [5, 5.41) is 11.8. The topological polar surface area (TPSA) is 71.5 Å². The first-order chi connectivity index (χ1) is 11.0. The summed E-state index contributed by atoms with van der Waals surface area (Å²) in [6.45, 7) is 8.44. The van der Waals surface area contributed by atoms with Gasteiger partial charge in [-0.3, -0.25) is 4.68 Å². The number of aliphatic imine (C=N–C) groups is 1. The quantitative estimate of drug-likeness (QED) is 0.420. The van der Waals surface area contributed by atoms with Crippen LogP contribution in [0.15, 0.2) is 28.0 Å². The molecule has 1 N–H and O–H groups in total. The van der Waals surface area contributed by atoms with Crippen LogP contribution < -0.4 is 5.32 Å². The Bertz CT molecular complexity index is 635. The number of nitrogens with one attached hydrogen (secondary N) is 1. The number of halogens is 1. The average Bonchev–Trinajstić information content (AvgIpc) is 3.13. The lowest BCUT2D eigenvalue weighted by Crippen LogP contribution is -2.38. The van der Waals surface area contributed by atoms with Crippen LogP contribution in [0.25, 0.3) is 0 Å². The van der Waals surface area contributed by atoms with Gasteiger partial charge < -0.3 is 14.7 Å². The van der Waals surface area contributed by atoms with Crippen LogP contribution in [0.2, 0.25) is 0 Å². The summed E-state index contributed by atoms with van der Waals surface area (Å²) in [6, 6.07) is 1.82. The summed E-state index contributed by atoms with van der Waals surface area (Å²) in [7, 11) is 3.99. The highest BCUT2D eigenvalue weighted by atomic mass is 127. The van der Waals surface area contributed by atoms with Gasteiger partial charge in [-0.25, -0.2) is 4.99 Å². The fourth-order valence-electron chi connectivity index (χ4n) is 2.44. The van der Waals surface area contributed by atoms with Gasteiger partial charge in [-0.15, -0.1) is 24.0 Å². The molecule has 0 aliphatic carbocycles. The molecule has 0 spiro atoms. The smallest absolute Gasteiger partial charge is 0.194 e. The van der Waals surface area contributed by atoms with Crippen molar-refractivity contribution in [2.75, 3.05) is 13.6 Å². The van der Waals surface area contributed by atoms with E-state index in [0.29, 0.717) is 12.5 Å². The van der Waals surface area contributed by atoms with Crippen molar-refractivity contribution in [3.05, 3.63) is 35.5 Å². The van der Waals surface area contributed by atoms with Gasteiger partial charge in [0, 0.05) is 45.0 Å². The summed E-state index contributed by atoms with van der Waals surface area (Å²) < 4.78 is 6.72. The normalized spacial score (nSPS) is 11.5. The second-order valence-corrected chi connectivity index (χ2v) is 5.88. The summed E-state index contributed by atoms with van der Waals surface area (Å²) in [5.74, 6) is 1.24. The molecule has 0 aliphatic heterocycles. The Morgan fingerprint density at radius 3 is 2.79 bits per heavy atom. The molecule has 134 valence electrons. The highest BCUT2D eigenvalue weighted by Crippen LogP contribution is 2.18. The third kappa shape index (κ3) is 5.50. The van der Waals surface area contributed by atoms with E-state index in [1.54, 1.807) is 6.26 Å². The van der Waals surface area contributed by atoms with E-state index in [4.69, 9.17) is 4.52 Å². The first-order valence-electron chi connectivity index (χ1n) is 7.92. The maximum Gasteiger partial charge on any atom is 0.194 e. The van der Waals surface area contributed by atoms with Gasteiger partial charge in [0.1, 0.15) is 12.0 Å². The molecule has 0 atom stereocenters. The number of guanidine groups is 1. The predicted octanol–water partition coefficient (Wildman–Crippen LogP) is 2.75. The molecule has 24 heavy (non-hydrogen) atoms. The van der Waals surface area contributed by atoms with Gasteiger partial charge in [0.2, 0.25) is 0 Å². The average molecular weight is 446 g/mol. The molecular weight excluding hydrogens is 419 g/mol. The minimum Gasteiger partial charge on any atom is -0.364 e. The van der Waals surface area contributed by atoms with Crippen molar-refractivity contribution in [3.8, 4) is 0 Å². The molecule has 0 bridgehead atoms. The first-order valence-corrected chi connectivity index (χ1v) is 7.92. The minimum absolute atomic E-state index is 0. The highest BCUT2D eigenvalue weighted by molar-refractivity contribution is 14.0. The Hall–Kier alpha value is -1.58. The van der Waals surface area contributed by atoms with E-state index >= 15 is 0 Å². The van der Waals surface area contributed by atoms with Gasteiger partial charge in [-0.2, -0.15) is 5.10 Å². The fourth-order valence-corrected chi connectivity index (χ4v) is 2.44. The number of aromatic nitrogens is 3. The van der Waals surface area contributed by atoms with Crippen molar-refractivity contribution in [3.63, 3.8) is 0 Å². The van der Waals surface area contributed by atoms with Gasteiger partial charge in [-0.1, -0.05) is 19.0 Å². The van der Waals surface area contributed by atoms with Crippen molar-refractivity contribution >= 4 is 29.9 Å². The molecule has 0 radical (unpaired) electrons. The Morgan fingerprint density at radius 1 is 1.46 bits per heavy atom. The van der Waals surface area contributed by atoms with E-state index in [0.717, 1.165) is 30.4 Å². The maximum atomic E-state index is 4.84. The second-order valence-electron chi connectivity index (χ2n) is 5.88. The van der Waals surface area contributed by atoms with Crippen LogP contribution in [-0.2, 0) is 20.1 Å². The molecule has 2 aromatic heterocycles. The number of hydrogen-bond donors (Lipinski definition) is 1. The van der Waals surface area contributed by atoms with Gasteiger partial charge >= 0.3 is 0 Å². The molecule has 0 aromatic carbocycles. The zero-order chi connectivity index (χ0) is 16.8. The number of hydrogen-bond acceptors (Lipinski definition) is 4. The van der Waals surface area contributed by atoms with Gasteiger partial charge in [0.15, 0.2) is 5.96 Å². The standard InChI is InChI=1S/C16H26N6O.HI/c1-6-17-16(18-9-14-7-8-23-20-14)21(4)10-13-11-22(5)19-15(13)12(2)3;/h7-8,11-12H,6,9-10H2,1-5H3,(H,17,18);1H. The van der Waals surface area contributed by atoms with Crippen LogP contribution in [0.5, 0.6) is 0 Å². The Balaban J connectivity index is 0.00000288. The summed E-state index contributed by atoms with van der Waals surface area (Å²) >= 11 is 0. The van der Waals surface area contributed by atoms with Gasteiger partial charge in [-0.05, 0) is 12.8 Å². The zero-order valence-corrected chi connectivity index (χ0v) is 17.3. The van der Waals surface area contributed by atoms with Crippen molar-refractivity contribution in [1.82, 2.24) is 25.2 Å². The number of rotatable bonds is 6. The molecule has 0 saturated heterocycles. The fraction of sp³-hybridized carbons (Fsp3) is 0.562. The van der Waals surface area contributed by atoms with Crippen molar-refractivity contribution < 1.29 is 4.52 Å². The Morgan fingerprint density at radius 2 is 2.21 bits per heavy atom. The molecule has 0 fully saturated rings. The Labute approximate surface area is 160 Å². The van der Waals surface area contributed by atoms with Gasteiger partial charge in [0.05, 0.1) is 12.2 Å². The third-order valence-electron chi connectivity index (χ3n) is 3.47. The van der Waals surface area contributed by atoms with Crippen molar-refractivity contribution in [1.29, 1.82) is 0 Å². The zero-order valence-electron chi connectivity index (χ0n) is 15.0. The molecular formula is C16H27IN6O. The summed E-state index contributed by atoms with van der Waals surface area (Å²) in [5.41, 5.74) is 3.17. The van der Waals surface area contributed by atoms with Crippen LogP contribution in [0.4, 0.5) is 0 Å². The van der Waals surface area contributed by atoms with Crippen LogP contribution in [0.3, 0.4) is 0 Å². The lowest BCUT2D eigenvalue weighted by Gasteiger charge is -2.22. The van der Waals surface area contributed by atoms with Gasteiger partial charge in [0.25, 0.3) is 0 Å². The SMILES string of the molecule is CCNC(=NCc1ccon1)N(C)Cc1cn(C)nc1C(C)C.I. The van der Waals surface area contributed by atoms with Crippen molar-refractivity contribution in [2.24, 2.45) is 12.0 Å². The van der Waals surface area contributed by atoms with Crippen molar-refractivity contribution in [2.45, 2.75) is 39.8 Å². The van der Waals surface area contributed by atoms with E-state index in [-0.39, 0.29) is 24.0 Å². The maximum absolute atomic E-state index is 4.84. The summed E-state index contributed by atoms with van der Waals surface area (Å²) in [6.07, 6.45) is 3.64. The molecule has 0 saturated carbocycles. The van der Waals surface area contributed by atoms with Crippen LogP contribution >= 0.6 is 24.0 Å². The molecule has 0 amide bonds. The number of nitrogens with zero attached hydrogens (tertiary/aromatic N) is 5. The lowest BCUT2D eigenvalue weighted by molar-refractivity contribution is 0.411. The predicted molar refractivity (Wildman–Crippen MR) is 105 cm³/mol. The van der Waals surface area contributed by atoms with E-state index in [1.807, 2.05) is 24.8 Å². The van der Waals surface area contributed by atoms with E-state index < -0.39 is 0 Å². The number of aryl methyl sites for hydroxylation is 1. The lowest BCUT2D eigenvalue weighted by atomic mass is 10.1.